The first kappa shape index (κ1) is 14.3. The average Bonchev–Trinajstić information content (AvgIpc) is 2.37. The molecule has 1 heterocycles. The number of carbonyl (C=O) groups is 1. The van der Waals surface area contributed by atoms with Crippen molar-refractivity contribution in [1.29, 1.82) is 0 Å². The predicted molar refractivity (Wildman–Crippen MR) is 72.2 cm³/mol. The number of amides is 1. The highest BCUT2D eigenvalue weighted by Crippen LogP contribution is 2.16. The number of terminal acetylenes is 1. The molecule has 0 spiro atoms. The third-order valence-corrected chi connectivity index (χ3v) is 3.00. The largest absolute Gasteiger partial charge is 0.372 e. The van der Waals surface area contributed by atoms with Crippen LogP contribution in [0.5, 0.6) is 0 Å². The van der Waals surface area contributed by atoms with E-state index in [1.165, 1.54) is 6.20 Å². The number of carbonyl (C=O) groups excluding carboxylic acids is 1. The van der Waals surface area contributed by atoms with Gasteiger partial charge in [0.15, 0.2) is 0 Å². The molecule has 0 saturated heterocycles. The second kappa shape index (κ2) is 6.21. The molecule has 1 aromatic rings. The Morgan fingerprint density at radius 1 is 1.72 bits per heavy atom. The molecular formula is C11H13BrN4O2. The highest BCUT2D eigenvalue weighted by atomic mass is 79.9. The molecule has 7 heteroatoms. The minimum atomic E-state index is -0.476. The topological polar surface area (TPSA) is 76.0 Å². The molecule has 1 rings (SSSR count). The first-order chi connectivity index (χ1) is 8.51. The van der Waals surface area contributed by atoms with Crippen LogP contribution >= 0.6 is 15.9 Å². The SMILES string of the molecule is C#CCn1ncc(NC(C)C(=O)NC)c(Br)c1=O. The van der Waals surface area contributed by atoms with Gasteiger partial charge in [-0.15, -0.1) is 6.42 Å². The predicted octanol–water partition coefficient (Wildman–Crippen LogP) is 0.185. The van der Waals surface area contributed by atoms with Crippen molar-refractivity contribution in [3.63, 3.8) is 0 Å². The van der Waals surface area contributed by atoms with Crippen LogP contribution in [0.2, 0.25) is 0 Å². The summed E-state index contributed by atoms with van der Waals surface area (Å²) in [6.07, 6.45) is 6.57. The summed E-state index contributed by atoms with van der Waals surface area (Å²) in [5.74, 6) is 2.15. The van der Waals surface area contributed by atoms with Crippen LogP contribution in [0.1, 0.15) is 6.92 Å². The molecule has 0 fully saturated rings. The van der Waals surface area contributed by atoms with E-state index in [9.17, 15) is 9.59 Å². The quantitative estimate of drug-likeness (QED) is 0.778. The normalized spacial score (nSPS) is 11.4. The van der Waals surface area contributed by atoms with Gasteiger partial charge in [0.2, 0.25) is 5.91 Å². The van der Waals surface area contributed by atoms with Gasteiger partial charge >= 0.3 is 0 Å². The van der Waals surface area contributed by atoms with Crippen molar-refractivity contribution in [3.8, 4) is 12.3 Å². The Labute approximate surface area is 113 Å². The Balaban J connectivity index is 3.00. The van der Waals surface area contributed by atoms with E-state index in [1.54, 1.807) is 14.0 Å². The van der Waals surface area contributed by atoms with E-state index < -0.39 is 6.04 Å². The molecule has 0 aromatic carbocycles. The van der Waals surface area contributed by atoms with E-state index in [0.29, 0.717) is 10.2 Å². The van der Waals surface area contributed by atoms with Crippen LogP contribution in [0.25, 0.3) is 0 Å². The Morgan fingerprint density at radius 3 is 2.94 bits per heavy atom. The fraction of sp³-hybridized carbons (Fsp3) is 0.364. The van der Waals surface area contributed by atoms with Crippen LogP contribution in [-0.2, 0) is 11.3 Å². The van der Waals surface area contributed by atoms with E-state index in [1.807, 2.05) is 0 Å². The van der Waals surface area contributed by atoms with E-state index in [2.05, 4.69) is 37.6 Å². The summed E-state index contributed by atoms with van der Waals surface area (Å²) in [7, 11) is 1.54. The lowest BCUT2D eigenvalue weighted by Crippen LogP contribution is -2.36. The zero-order valence-electron chi connectivity index (χ0n) is 10.0. The smallest absolute Gasteiger partial charge is 0.284 e. The first-order valence-corrected chi connectivity index (χ1v) is 5.97. The van der Waals surface area contributed by atoms with Gasteiger partial charge in [-0.3, -0.25) is 9.59 Å². The van der Waals surface area contributed by atoms with Gasteiger partial charge in [-0.25, -0.2) is 4.68 Å². The zero-order chi connectivity index (χ0) is 13.7. The van der Waals surface area contributed by atoms with Gasteiger partial charge in [0.25, 0.3) is 5.56 Å². The minimum absolute atomic E-state index is 0.0999. The minimum Gasteiger partial charge on any atom is -0.372 e. The molecule has 1 unspecified atom stereocenters. The maximum atomic E-state index is 11.8. The number of nitrogens with zero attached hydrogens (tertiary/aromatic N) is 2. The lowest BCUT2D eigenvalue weighted by molar-refractivity contribution is -0.121. The van der Waals surface area contributed by atoms with E-state index in [-0.39, 0.29) is 18.0 Å². The fourth-order valence-electron chi connectivity index (χ4n) is 1.28. The molecule has 0 bridgehead atoms. The van der Waals surface area contributed by atoms with Crippen molar-refractivity contribution in [3.05, 3.63) is 21.0 Å². The molecule has 18 heavy (non-hydrogen) atoms. The van der Waals surface area contributed by atoms with Crippen molar-refractivity contribution in [2.45, 2.75) is 19.5 Å². The van der Waals surface area contributed by atoms with Crippen LogP contribution in [0.3, 0.4) is 0 Å². The number of aromatic nitrogens is 2. The molecule has 1 atom stereocenters. The van der Waals surface area contributed by atoms with Gasteiger partial charge in [-0.2, -0.15) is 5.10 Å². The van der Waals surface area contributed by atoms with Gasteiger partial charge in [0.1, 0.15) is 17.1 Å². The summed E-state index contributed by atoms with van der Waals surface area (Å²) in [5, 5.41) is 9.29. The Bertz CT molecular complexity index is 547. The van der Waals surface area contributed by atoms with Crippen molar-refractivity contribution in [2.24, 2.45) is 0 Å². The standard InChI is InChI=1S/C11H13BrN4O2/c1-4-5-16-11(18)9(12)8(6-14-16)15-7(2)10(17)13-3/h1,6-7,15H,5H2,2-3H3,(H,13,17). The van der Waals surface area contributed by atoms with Gasteiger partial charge in [-0.05, 0) is 22.9 Å². The summed E-state index contributed by atoms with van der Waals surface area (Å²) in [6, 6.07) is -0.476. The van der Waals surface area contributed by atoms with Crippen LogP contribution in [0.4, 0.5) is 5.69 Å². The number of rotatable bonds is 4. The Hall–Kier alpha value is -1.81. The summed E-state index contributed by atoms with van der Waals surface area (Å²) in [4.78, 5) is 23.2. The van der Waals surface area contributed by atoms with Crippen LogP contribution < -0.4 is 16.2 Å². The van der Waals surface area contributed by atoms with E-state index in [4.69, 9.17) is 6.42 Å². The molecule has 0 aliphatic heterocycles. The summed E-state index contributed by atoms with van der Waals surface area (Å²) in [6.45, 7) is 1.78. The molecule has 0 aliphatic rings. The Kier molecular flexibility index (Phi) is 4.92. The third-order valence-electron chi connectivity index (χ3n) is 2.24. The van der Waals surface area contributed by atoms with Crippen LogP contribution in [-0.4, -0.2) is 28.8 Å². The molecule has 0 aliphatic carbocycles. The fourth-order valence-corrected chi connectivity index (χ4v) is 1.70. The molecule has 0 saturated carbocycles. The van der Waals surface area contributed by atoms with Gasteiger partial charge < -0.3 is 10.6 Å². The first-order valence-electron chi connectivity index (χ1n) is 5.18. The maximum Gasteiger partial charge on any atom is 0.284 e. The Morgan fingerprint density at radius 2 is 2.39 bits per heavy atom. The summed E-state index contributed by atoms with van der Waals surface area (Å²) < 4.78 is 1.45. The summed E-state index contributed by atoms with van der Waals surface area (Å²) >= 11 is 3.16. The highest BCUT2D eigenvalue weighted by Gasteiger charge is 2.14. The average molecular weight is 313 g/mol. The van der Waals surface area contributed by atoms with Gasteiger partial charge in [-0.1, -0.05) is 5.92 Å². The number of hydrogen-bond acceptors (Lipinski definition) is 4. The lowest BCUT2D eigenvalue weighted by Gasteiger charge is -2.14. The molecule has 96 valence electrons. The van der Waals surface area contributed by atoms with E-state index in [0.717, 1.165) is 4.68 Å². The highest BCUT2D eigenvalue weighted by molar-refractivity contribution is 9.10. The molecule has 1 amide bonds. The van der Waals surface area contributed by atoms with E-state index >= 15 is 0 Å². The maximum absolute atomic E-state index is 11.8. The van der Waals surface area contributed by atoms with Crippen molar-refractivity contribution in [1.82, 2.24) is 15.1 Å². The number of likely N-dealkylation sites (N-methyl/N-ethyl adjacent to an activating group) is 1. The third kappa shape index (κ3) is 3.11. The van der Waals surface area contributed by atoms with Gasteiger partial charge in [0, 0.05) is 7.05 Å². The number of nitrogens with one attached hydrogen (secondary N) is 2. The van der Waals surface area contributed by atoms with Crippen LogP contribution in [0.15, 0.2) is 15.5 Å². The molecule has 6 nitrogen and oxygen atoms in total. The van der Waals surface area contributed by atoms with Crippen molar-refractivity contribution >= 4 is 27.5 Å². The molecular weight excluding hydrogens is 300 g/mol. The van der Waals surface area contributed by atoms with Crippen molar-refractivity contribution < 1.29 is 4.79 Å². The number of hydrogen-bond donors (Lipinski definition) is 2. The number of anilines is 1. The molecule has 0 radical (unpaired) electrons. The summed E-state index contributed by atoms with van der Waals surface area (Å²) in [5.41, 5.74) is 0.103. The van der Waals surface area contributed by atoms with Crippen LogP contribution in [0, 0.1) is 12.3 Å². The molecule has 2 N–H and O–H groups in total. The number of halogens is 1. The second-order valence-corrected chi connectivity index (χ2v) is 4.31. The lowest BCUT2D eigenvalue weighted by atomic mass is 10.3. The molecule has 1 aromatic heterocycles. The monoisotopic (exact) mass is 312 g/mol. The zero-order valence-corrected chi connectivity index (χ0v) is 11.6. The second-order valence-electron chi connectivity index (χ2n) is 3.52. The van der Waals surface area contributed by atoms with Gasteiger partial charge in [0.05, 0.1) is 11.9 Å². The van der Waals surface area contributed by atoms with Crippen molar-refractivity contribution in [2.75, 3.05) is 12.4 Å².